The molecular weight excluding hydrogens is 294 g/mol. The number of nitrogens with two attached hydrogens (primary N) is 1. The topological polar surface area (TPSA) is 51.4 Å². The zero-order chi connectivity index (χ0) is 13.0. The first-order valence-corrected chi connectivity index (χ1v) is 7.07. The second-order valence-electron chi connectivity index (χ2n) is 4.79. The van der Waals surface area contributed by atoms with Crippen molar-refractivity contribution in [3.05, 3.63) is 28.5 Å². The molecule has 0 spiro atoms. The van der Waals surface area contributed by atoms with E-state index in [-0.39, 0.29) is 6.04 Å². The van der Waals surface area contributed by atoms with E-state index in [1.165, 1.54) is 12.0 Å². The minimum atomic E-state index is 0.261. The van der Waals surface area contributed by atoms with Gasteiger partial charge in [-0.15, -0.1) is 0 Å². The van der Waals surface area contributed by atoms with Crippen molar-refractivity contribution in [2.24, 2.45) is 11.7 Å². The van der Waals surface area contributed by atoms with Crippen molar-refractivity contribution in [2.75, 3.05) is 33.4 Å². The number of methoxy groups -OCH3 is 1. The molecule has 0 radical (unpaired) electrons. The van der Waals surface area contributed by atoms with Gasteiger partial charge in [0.2, 0.25) is 0 Å². The van der Waals surface area contributed by atoms with Crippen LogP contribution in [0.2, 0.25) is 0 Å². The van der Waals surface area contributed by atoms with Crippen molar-refractivity contribution < 1.29 is 4.74 Å². The third-order valence-corrected chi connectivity index (χ3v) is 3.93. The number of hydrogen-bond acceptors (Lipinski definition) is 4. The van der Waals surface area contributed by atoms with E-state index in [4.69, 9.17) is 10.5 Å². The Labute approximate surface area is 117 Å². The third-order valence-electron chi connectivity index (χ3n) is 3.49. The predicted octanol–water partition coefficient (Wildman–Crippen LogP) is 1.81. The molecule has 1 aliphatic heterocycles. The third kappa shape index (κ3) is 3.29. The molecule has 1 aromatic rings. The highest BCUT2D eigenvalue weighted by molar-refractivity contribution is 9.10. The number of likely N-dealkylation sites (tertiary alicyclic amines) is 1. The van der Waals surface area contributed by atoms with Gasteiger partial charge < -0.3 is 10.5 Å². The van der Waals surface area contributed by atoms with E-state index in [9.17, 15) is 0 Å². The molecule has 0 aliphatic carbocycles. The Balaban J connectivity index is 2.06. The number of pyridine rings is 1. The minimum Gasteiger partial charge on any atom is -0.384 e. The smallest absolute Gasteiger partial charge is 0.0503 e. The Morgan fingerprint density at radius 2 is 2.44 bits per heavy atom. The second-order valence-corrected chi connectivity index (χ2v) is 5.71. The summed E-state index contributed by atoms with van der Waals surface area (Å²) in [7, 11) is 1.77. The van der Waals surface area contributed by atoms with Gasteiger partial charge in [0, 0.05) is 43.1 Å². The second kappa shape index (κ2) is 6.61. The molecule has 100 valence electrons. The molecule has 2 unspecified atom stereocenters. The molecule has 1 aliphatic rings. The standard InChI is InChI=1S/C13H20BrN3O/c1-18-9-10-2-3-17(8-10)13(5-15)11-4-12(14)7-16-6-11/h4,6-7,10,13H,2-3,5,8-9,15H2,1H3. The summed E-state index contributed by atoms with van der Waals surface area (Å²) < 4.78 is 6.24. The lowest BCUT2D eigenvalue weighted by Crippen LogP contribution is -2.32. The maximum atomic E-state index is 5.94. The zero-order valence-electron chi connectivity index (χ0n) is 10.7. The SMILES string of the molecule is COCC1CCN(C(CN)c2cncc(Br)c2)C1. The van der Waals surface area contributed by atoms with Crippen LogP contribution in [0.25, 0.3) is 0 Å². The molecule has 2 atom stereocenters. The fourth-order valence-corrected chi connectivity index (χ4v) is 3.01. The van der Waals surface area contributed by atoms with Crippen molar-refractivity contribution in [2.45, 2.75) is 12.5 Å². The van der Waals surface area contributed by atoms with E-state index in [0.717, 1.165) is 24.2 Å². The van der Waals surface area contributed by atoms with Gasteiger partial charge >= 0.3 is 0 Å². The fourth-order valence-electron chi connectivity index (χ4n) is 2.62. The molecule has 2 N–H and O–H groups in total. The van der Waals surface area contributed by atoms with E-state index in [1.54, 1.807) is 13.3 Å². The van der Waals surface area contributed by atoms with Crippen molar-refractivity contribution >= 4 is 15.9 Å². The summed E-state index contributed by atoms with van der Waals surface area (Å²) in [6.07, 6.45) is 4.90. The lowest BCUT2D eigenvalue weighted by molar-refractivity contribution is 0.147. The largest absolute Gasteiger partial charge is 0.384 e. The summed E-state index contributed by atoms with van der Waals surface area (Å²) in [6, 6.07) is 2.37. The number of hydrogen-bond donors (Lipinski definition) is 1. The normalized spacial score (nSPS) is 22.3. The Bertz CT molecular complexity index is 388. The lowest BCUT2D eigenvalue weighted by atomic mass is 10.1. The Hall–Kier alpha value is -0.490. The summed E-state index contributed by atoms with van der Waals surface area (Å²) in [5, 5.41) is 0. The number of nitrogens with zero attached hydrogens (tertiary/aromatic N) is 2. The molecule has 1 aromatic heterocycles. The van der Waals surface area contributed by atoms with Gasteiger partial charge in [0.1, 0.15) is 0 Å². The molecule has 0 amide bonds. The summed E-state index contributed by atoms with van der Waals surface area (Å²) >= 11 is 3.46. The molecule has 5 heteroatoms. The van der Waals surface area contributed by atoms with Crippen LogP contribution in [0.3, 0.4) is 0 Å². The van der Waals surface area contributed by atoms with Gasteiger partial charge in [-0.3, -0.25) is 9.88 Å². The average molecular weight is 314 g/mol. The molecule has 1 saturated heterocycles. The zero-order valence-corrected chi connectivity index (χ0v) is 12.3. The van der Waals surface area contributed by atoms with Crippen LogP contribution in [-0.2, 0) is 4.74 Å². The van der Waals surface area contributed by atoms with Crippen molar-refractivity contribution in [1.82, 2.24) is 9.88 Å². The Kier molecular flexibility index (Phi) is 5.12. The van der Waals surface area contributed by atoms with Gasteiger partial charge in [0.15, 0.2) is 0 Å². The van der Waals surface area contributed by atoms with Crippen LogP contribution in [0.4, 0.5) is 0 Å². The van der Waals surface area contributed by atoms with Crippen molar-refractivity contribution in [3.8, 4) is 0 Å². The van der Waals surface area contributed by atoms with Crippen molar-refractivity contribution in [3.63, 3.8) is 0 Å². The van der Waals surface area contributed by atoms with E-state index < -0.39 is 0 Å². The van der Waals surface area contributed by atoms with Gasteiger partial charge in [-0.1, -0.05) is 0 Å². The molecular formula is C13H20BrN3O. The molecule has 2 heterocycles. The summed E-state index contributed by atoms with van der Waals surface area (Å²) in [4.78, 5) is 6.66. The molecule has 4 nitrogen and oxygen atoms in total. The first-order valence-electron chi connectivity index (χ1n) is 6.28. The maximum absolute atomic E-state index is 5.94. The highest BCUT2D eigenvalue weighted by Crippen LogP contribution is 2.27. The van der Waals surface area contributed by atoms with Crippen LogP contribution in [-0.4, -0.2) is 43.2 Å². The van der Waals surface area contributed by atoms with Gasteiger partial charge in [0.25, 0.3) is 0 Å². The predicted molar refractivity (Wildman–Crippen MR) is 75.3 cm³/mol. The molecule has 0 bridgehead atoms. The van der Waals surface area contributed by atoms with E-state index in [2.05, 4.69) is 31.9 Å². The average Bonchev–Trinajstić information content (AvgIpc) is 2.79. The molecule has 1 fully saturated rings. The quantitative estimate of drug-likeness (QED) is 0.901. The summed E-state index contributed by atoms with van der Waals surface area (Å²) in [5.74, 6) is 0.629. The van der Waals surface area contributed by atoms with Gasteiger partial charge in [-0.2, -0.15) is 0 Å². The van der Waals surface area contributed by atoms with Crippen LogP contribution in [0.1, 0.15) is 18.0 Å². The van der Waals surface area contributed by atoms with E-state index in [1.807, 2.05) is 6.20 Å². The van der Waals surface area contributed by atoms with E-state index >= 15 is 0 Å². The molecule has 18 heavy (non-hydrogen) atoms. The Morgan fingerprint density at radius 3 is 3.11 bits per heavy atom. The van der Waals surface area contributed by atoms with Gasteiger partial charge in [-0.25, -0.2) is 0 Å². The van der Waals surface area contributed by atoms with Gasteiger partial charge in [0.05, 0.1) is 6.61 Å². The number of halogens is 1. The molecule has 2 rings (SSSR count). The minimum absolute atomic E-state index is 0.261. The summed E-state index contributed by atoms with van der Waals surface area (Å²) in [6.45, 7) is 3.60. The van der Waals surface area contributed by atoms with Crippen LogP contribution in [0, 0.1) is 5.92 Å². The number of ether oxygens (including phenoxy) is 1. The van der Waals surface area contributed by atoms with Gasteiger partial charge in [-0.05, 0) is 46.4 Å². The molecule has 0 saturated carbocycles. The summed E-state index contributed by atoms with van der Waals surface area (Å²) in [5.41, 5.74) is 7.12. The Morgan fingerprint density at radius 1 is 1.61 bits per heavy atom. The number of rotatable bonds is 5. The van der Waals surface area contributed by atoms with Crippen LogP contribution >= 0.6 is 15.9 Å². The number of aromatic nitrogens is 1. The highest BCUT2D eigenvalue weighted by Gasteiger charge is 2.28. The van der Waals surface area contributed by atoms with Crippen molar-refractivity contribution in [1.29, 1.82) is 0 Å². The maximum Gasteiger partial charge on any atom is 0.0503 e. The van der Waals surface area contributed by atoms with Crippen LogP contribution in [0.15, 0.2) is 22.9 Å². The van der Waals surface area contributed by atoms with Crippen LogP contribution in [0.5, 0.6) is 0 Å². The first-order chi connectivity index (χ1) is 8.74. The lowest BCUT2D eigenvalue weighted by Gasteiger charge is -2.27. The first kappa shape index (κ1) is 13.9. The fraction of sp³-hybridized carbons (Fsp3) is 0.615. The molecule has 0 aromatic carbocycles. The monoisotopic (exact) mass is 313 g/mol. The van der Waals surface area contributed by atoms with E-state index in [0.29, 0.717) is 12.5 Å². The highest BCUT2D eigenvalue weighted by atomic mass is 79.9. The van der Waals surface area contributed by atoms with Crippen LogP contribution < -0.4 is 5.73 Å².